The van der Waals surface area contributed by atoms with Crippen molar-refractivity contribution in [3.8, 4) is 5.69 Å². The van der Waals surface area contributed by atoms with Crippen LogP contribution in [-0.2, 0) is 4.74 Å². The largest absolute Gasteiger partial charge is 0.378 e. The van der Waals surface area contributed by atoms with Gasteiger partial charge in [-0.1, -0.05) is 19.9 Å². The first kappa shape index (κ1) is 16.6. The number of aromatic nitrogens is 4. The summed E-state index contributed by atoms with van der Waals surface area (Å²) in [7, 11) is 0. The van der Waals surface area contributed by atoms with Gasteiger partial charge in [-0.3, -0.25) is 4.79 Å². The van der Waals surface area contributed by atoms with E-state index in [1.165, 1.54) is 17.4 Å². The van der Waals surface area contributed by atoms with Gasteiger partial charge in [-0.15, -0.1) is 5.10 Å². The highest BCUT2D eigenvalue weighted by molar-refractivity contribution is 5.94. The molecule has 1 aromatic heterocycles. The van der Waals surface area contributed by atoms with Gasteiger partial charge in [0.1, 0.15) is 6.33 Å². The summed E-state index contributed by atoms with van der Waals surface area (Å²) in [6, 6.07) is 7.22. The summed E-state index contributed by atoms with van der Waals surface area (Å²) in [6.07, 6.45) is 4.80. The number of rotatable bonds is 5. The number of hydrogen-bond donors (Lipinski definition) is 1. The highest BCUT2D eigenvalue weighted by Gasteiger charge is 2.27. The number of amides is 1. The lowest BCUT2D eigenvalue weighted by Gasteiger charge is -2.34. The summed E-state index contributed by atoms with van der Waals surface area (Å²) in [5.74, 6) is -0.0962. The number of nitrogens with zero attached hydrogens (tertiary/aromatic N) is 4. The maximum absolute atomic E-state index is 12.3. The zero-order chi connectivity index (χ0) is 17.0. The van der Waals surface area contributed by atoms with Gasteiger partial charge in [-0.25, -0.2) is 4.68 Å². The van der Waals surface area contributed by atoms with Crippen LogP contribution in [-0.4, -0.2) is 45.4 Å². The lowest BCUT2D eigenvalue weighted by molar-refractivity contribution is -0.0506. The molecule has 1 atom stereocenters. The molecule has 0 saturated carbocycles. The molecule has 0 radical (unpaired) electrons. The van der Waals surface area contributed by atoms with Crippen molar-refractivity contribution in [3.63, 3.8) is 0 Å². The Labute approximate surface area is 141 Å². The maximum Gasteiger partial charge on any atom is 0.251 e. The second-order valence-electron chi connectivity index (χ2n) is 6.99. The first-order valence-electron chi connectivity index (χ1n) is 8.27. The molecule has 1 aliphatic heterocycles. The molecule has 0 bridgehead atoms. The minimum Gasteiger partial charge on any atom is -0.378 e. The van der Waals surface area contributed by atoms with Crippen LogP contribution in [0.4, 0.5) is 0 Å². The molecule has 2 aromatic rings. The molecule has 1 fully saturated rings. The van der Waals surface area contributed by atoms with Crippen molar-refractivity contribution in [2.24, 2.45) is 5.41 Å². The van der Waals surface area contributed by atoms with Crippen LogP contribution in [0.15, 0.2) is 30.6 Å². The Bertz CT molecular complexity index is 674. The van der Waals surface area contributed by atoms with Gasteiger partial charge >= 0.3 is 0 Å². The number of tetrazole rings is 1. The molecule has 0 aliphatic carbocycles. The molecule has 1 saturated heterocycles. The minimum absolute atomic E-state index is 0.0962. The van der Waals surface area contributed by atoms with E-state index in [-0.39, 0.29) is 17.4 Å². The number of nitrogens with one attached hydrogen (secondary N) is 1. The molecule has 1 aromatic carbocycles. The van der Waals surface area contributed by atoms with E-state index in [2.05, 4.69) is 34.7 Å². The van der Waals surface area contributed by atoms with E-state index in [4.69, 9.17) is 4.74 Å². The summed E-state index contributed by atoms with van der Waals surface area (Å²) in [6.45, 7) is 5.85. The van der Waals surface area contributed by atoms with E-state index in [1.54, 1.807) is 12.1 Å². The van der Waals surface area contributed by atoms with Crippen LogP contribution in [0, 0.1) is 5.41 Å². The van der Waals surface area contributed by atoms with E-state index >= 15 is 0 Å². The molecule has 1 amide bonds. The number of hydrogen-bond acceptors (Lipinski definition) is 5. The first-order valence-corrected chi connectivity index (χ1v) is 8.27. The average Bonchev–Trinajstić information content (AvgIpc) is 3.11. The van der Waals surface area contributed by atoms with Crippen LogP contribution in [0.5, 0.6) is 0 Å². The van der Waals surface area contributed by atoms with E-state index in [0.717, 1.165) is 25.1 Å². The molecule has 0 spiro atoms. The van der Waals surface area contributed by atoms with Crippen LogP contribution < -0.4 is 5.32 Å². The Balaban J connectivity index is 1.50. The number of carbonyl (C=O) groups is 1. The van der Waals surface area contributed by atoms with Crippen molar-refractivity contribution >= 4 is 5.91 Å². The van der Waals surface area contributed by atoms with Crippen LogP contribution in [0.2, 0.25) is 0 Å². The van der Waals surface area contributed by atoms with Crippen molar-refractivity contribution < 1.29 is 9.53 Å². The second kappa shape index (κ2) is 7.09. The lowest BCUT2D eigenvalue weighted by atomic mass is 9.85. The van der Waals surface area contributed by atoms with Crippen LogP contribution in [0.25, 0.3) is 5.69 Å². The van der Waals surface area contributed by atoms with Gasteiger partial charge in [0.25, 0.3) is 5.91 Å². The zero-order valence-electron chi connectivity index (χ0n) is 14.1. The molecule has 128 valence electrons. The van der Waals surface area contributed by atoms with Gasteiger partial charge in [-0.05, 0) is 53.3 Å². The molecule has 1 aliphatic rings. The third-order valence-corrected chi connectivity index (χ3v) is 4.33. The van der Waals surface area contributed by atoms with Crippen molar-refractivity contribution in [1.29, 1.82) is 0 Å². The Hall–Kier alpha value is -2.28. The summed E-state index contributed by atoms with van der Waals surface area (Å²) in [5.41, 5.74) is 1.62. The molecule has 2 heterocycles. The smallest absolute Gasteiger partial charge is 0.251 e. The van der Waals surface area contributed by atoms with Gasteiger partial charge in [0.15, 0.2) is 0 Å². The Morgan fingerprint density at radius 3 is 3.04 bits per heavy atom. The standard InChI is InChI=1S/C17H23N5O2/c1-17(2)8-6-15(24-11-17)7-9-18-16(23)13-4-3-5-14(10-13)22-12-19-20-21-22/h3-5,10,12,15H,6-9,11H2,1-2H3,(H,18,23). The summed E-state index contributed by atoms with van der Waals surface area (Å²) in [5, 5.41) is 14.0. The Morgan fingerprint density at radius 1 is 1.46 bits per heavy atom. The molecular weight excluding hydrogens is 306 g/mol. The molecule has 3 rings (SSSR count). The summed E-state index contributed by atoms with van der Waals surface area (Å²) in [4.78, 5) is 12.3. The SMILES string of the molecule is CC1(C)CCC(CCNC(=O)c2cccc(-n3cnnn3)c2)OC1. The van der Waals surface area contributed by atoms with Gasteiger partial charge in [0, 0.05) is 12.1 Å². The molecule has 24 heavy (non-hydrogen) atoms. The molecular formula is C17H23N5O2. The molecule has 1 N–H and O–H groups in total. The predicted molar refractivity (Wildman–Crippen MR) is 88.9 cm³/mol. The van der Waals surface area contributed by atoms with Crippen molar-refractivity contribution in [3.05, 3.63) is 36.2 Å². The summed E-state index contributed by atoms with van der Waals surface area (Å²) >= 11 is 0. The first-order chi connectivity index (χ1) is 11.5. The second-order valence-corrected chi connectivity index (χ2v) is 6.99. The third kappa shape index (κ3) is 4.17. The minimum atomic E-state index is -0.0962. The van der Waals surface area contributed by atoms with E-state index in [0.29, 0.717) is 12.1 Å². The van der Waals surface area contributed by atoms with Crippen molar-refractivity contribution in [2.45, 2.75) is 39.2 Å². The quantitative estimate of drug-likeness (QED) is 0.907. The lowest BCUT2D eigenvalue weighted by Crippen LogP contribution is -2.34. The highest BCUT2D eigenvalue weighted by atomic mass is 16.5. The van der Waals surface area contributed by atoms with Crippen LogP contribution in [0.3, 0.4) is 0 Å². The third-order valence-electron chi connectivity index (χ3n) is 4.33. The predicted octanol–water partition coefficient (Wildman–Crippen LogP) is 1.99. The zero-order valence-corrected chi connectivity index (χ0v) is 14.1. The van der Waals surface area contributed by atoms with Gasteiger partial charge < -0.3 is 10.1 Å². The Morgan fingerprint density at radius 2 is 2.33 bits per heavy atom. The van der Waals surface area contributed by atoms with E-state index in [9.17, 15) is 4.79 Å². The normalized spacial score (nSPS) is 19.8. The number of carbonyl (C=O) groups excluding carboxylic acids is 1. The fourth-order valence-corrected chi connectivity index (χ4v) is 2.80. The van der Waals surface area contributed by atoms with Gasteiger partial charge in [0.2, 0.25) is 0 Å². The average molecular weight is 329 g/mol. The van der Waals surface area contributed by atoms with E-state index in [1.807, 2.05) is 12.1 Å². The Kier molecular flexibility index (Phi) is 4.89. The van der Waals surface area contributed by atoms with Gasteiger partial charge in [0.05, 0.1) is 18.4 Å². The maximum atomic E-state index is 12.3. The fourth-order valence-electron chi connectivity index (χ4n) is 2.80. The number of benzene rings is 1. The molecule has 1 unspecified atom stereocenters. The van der Waals surface area contributed by atoms with Crippen molar-refractivity contribution in [1.82, 2.24) is 25.5 Å². The van der Waals surface area contributed by atoms with Crippen LogP contribution in [0.1, 0.15) is 43.5 Å². The van der Waals surface area contributed by atoms with Crippen molar-refractivity contribution in [2.75, 3.05) is 13.2 Å². The van der Waals surface area contributed by atoms with E-state index < -0.39 is 0 Å². The highest BCUT2D eigenvalue weighted by Crippen LogP contribution is 2.30. The monoisotopic (exact) mass is 329 g/mol. The molecule has 7 nitrogen and oxygen atoms in total. The molecule has 7 heteroatoms. The van der Waals surface area contributed by atoms with Gasteiger partial charge in [-0.2, -0.15) is 0 Å². The topological polar surface area (TPSA) is 81.9 Å². The number of ether oxygens (including phenoxy) is 1. The fraction of sp³-hybridized carbons (Fsp3) is 0.529. The van der Waals surface area contributed by atoms with Crippen LogP contribution >= 0.6 is 0 Å². The summed E-state index contributed by atoms with van der Waals surface area (Å²) < 4.78 is 7.39.